The molecule has 1 fully saturated rings. The monoisotopic (exact) mass is 461 g/mol. The van der Waals surface area contributed by atoms with E-state index in [4.69, 9.17) is 0 Å². The number of aryl methyl sites for hydroxylation is 1. The third kappa shape index (κ3) is 4.41. The topological polar surface area (TPSA) is 73.9 Å². The molecule has 2 aromatic heterocycles. The van der Waals surface area contributed by atoms with E-state index < -0.39 is 17.5 Å². The summed E-state index contributed by atoms with van der Waals surface area (Å²) in [6, 6.07) is 11.7. The Morgan fingerprint density at radius 1 is 1.12 bits per heavy atom. The number of anilines is 1. The van der Waals surface area contributed by atoms with Crippen LogP contribution in [0.3, 0.4) is 0 Å². The van der Waals surface area contributed by atoms with E-state index in [-0.39, 0.29) is 11.3 Å². The molecule has 3 heterocycles. The highest BCUT2D eigenvalue weighted by Gasteiger charge is 2.19. The molecular weight excluding hydrogens is 436 g/mol. The average Bonchev–Trinajstić information content (AvgIpc) is 3.27. The molecule has 5 rings (SSSR count). The summed E-state index contributed by atoms with van der Waals surface area (Å²) in [4.78, 5) is 19.4. The Labute approximate surface area is 196 Å². The molecule has 8 heteroatoms. The Morgan fingerprint density at radius 2 is 1.94 bits per heavy atom. The van der Waals surface area contributed by atoms with Gasteiger partial charge in [-0.2, -0.15) is 5.10 Å². The first-order valence-corrected chi connectivity index (χ1v) is 11.4. The summed E-state index contributed by atoms with van der Waals surface area (Å²) >= 11 is 0. The summed E-state index contributed by atoms with van der Waals surface area (Å²) in [5.74, 6) is -1.77. The van der Waals surface area contributed by atoms with Gasteiger partial charge in [-0.3, -0.25) is 14.8 Å². The number of fused-ring (bicyclic) bond motifs is 1. The molecule has 6 nitrogen and oxygen atoms in total. The predicted molar refractivity (Wildman–Crippen MR) is 128 cm³/mol. The Bertz CT molecular complexity index is 1360. The van der Waals surface area contributed by atoms with E-state index in [1.54, 1.807) is 36.5 Å². The molecule has 1 aliphatic rings. The molecule has 174 valence electrons. The SMILES string of the molecule is Cc1cccnc1NC(=O)c1n[nH]c2ccc(-c3cc(CN4CCCCC4)cc(F)c3F)cc12. The van der Waals surface area contributed by atoms with Gasteiger partial charge in [-0.1, -0.05) is 18.6 Å². The van der Waals surface area contributed by atoms with E-state index in [1.165, 1.54) is 12.5 Å². The number of piperidine rings is 1. The Hall–Kier alpha value is -3.65. The van der Waals surface area contributed by atoms with Crippen molar-refractivity contribution in [2.75, 3.05) is 18.4 Å². The van der Waals surface area contributed by atoms with Gasteiger partial charge in [0.05, 0.1) is 5.52 Å². The number of H-pyrrole nitrogens is 1. The lowest BCUT2D eigenvalue weighted by Crippen LogP contribution is -2.29. The number of likely N-dealkylation sites (tertiary alicyclic amines) is 1. The lowest BCUT2D eigenvalue weighted by molar-refractivity contribution is 0.102. The van der Waals surface area contributed by atoms with Crippen LogP contribution in [0.25, 0.3) is 22.0 Å². The van der Waals surface area contributed by atoms with Gasteiger partial charge in [0, 0.05) is 23.7 Å². The molecule has 1 aliphatic heterocycles. The minimum absolute atomic E-state index is 0.159. The van der Waals surface area contributed by atoms with Crippen LogP contribution in [0.5, 0.6) is 0 Å². The standard InChI is InChI=1S/C26H25F2N5O/c1-16-6-5-9-29-25(16)30-26(34)24-20-14-18(7-8-22(20)31-32-24)19-12-17(13-21(27)23(19)28)15-33-10-3-2-4-11-33/h5-9,12-14H,2-4,10-11,15H2,1H3,(H,31,32)(H,29,30,34). The fourth-order valence-electron chi connectivity index (χ4n) is 4.46. The molecule has 2 N–H and O–H groups in total. The number of rotatable bonds is 5. The number of aromatic amines is 1. The number of carbonyl (C=O) groups excluding carboxylic acids is 1. The summed E-state index contributed by atoms with van der Waals surface area (Å²) in [5, 5.41) is 10.3. The second-order valence-corrected chi connectivity index (χ2v) is 8.73. The van der Waals surface area contributed by atoms with Crippen molar-refractivity contribution in [1.82, 2.24) is 20.1 Å². The fourth-order valence-corrected chi connectivity index (χ4v) is 4.46. The summed E-state index contributed by atoms with van der Waals surface area (Å²) in [6.45, 7) is 4.35. The van der Waals surface area contributed by atoms with Gasteiger partial charge in [0.15, 0.2) is 17.3 Å². The molecule has 1 amide bonds. The quantitative estimate of drug-likeness (QED) is 0.415. The number of halogens is 2. The Morgan fingerprint density at radius 3 is 2.74 bits per heavy atom. The molecule has 0 radical (unpaired) electrons. The molecule has 34 heavy (non-hydrogen) atoms. The molecule has 2 aromatic carbocycles. The van der Waals surface area contributed by atoms with Crippen molar-refractivity contribution in [2.45, 2.75) is 32.7 Å². The molecule has 4 aromatic rings. The second kappa shape index (κ2) is 9.30. The minimum atomic E-state index is -0.902. The van der Waals surface area contributed by atoms with Crippen LogP contribution in [0, 0.1) is 18.6 Å². The van der Waals surface area contributed by atoms with Crippen LogP contribution in [0.2, 0.25) is 0 Å². The average molecular weight is 462 g/mol. The summed E-state index contributed by atoms with van der Waals surface area (Å²) < 4.78 is 29.4. The summed E-state index contributed by atoms with van der Waals surface area (Å²) in [5.41, 5.74) is 2.98. The van der Waals surface area contributed by atoms with Gasteiger partial charge in [0.2, 0.25) is 0 Å². The first kappa shape index (κ1) is 22.2. The highest BCUT2D eigenvalue weighted by Crippen LogP contribution is 2.30. The largest absolute Gasteiger partial charge is 0.305 e. The number of hydrogen-bond acceptors (Lipinski definition) is 4. The van der Waals surface area contributed by atoms with Crippen molar-refractivity contribution in [1.29, 1.82) is 0 Å². The number of nitrogens with zero attached hydrogens (tertiary/aromatic N) is 3. The van der Waals surface area contributed by atoms with Crippen molar-refractivity contribution < 1.29 is 13.6 Å². The van der Waals surface area contributed by atoms with Crippen LogP contribution < -0.4 is 5.32 Å². The molecule has 0 unspecified atom stereocenters. The van der Waals surface area contributed by atoms with Gasteiger partial charge in [-0.25, -0.2) is 13.8 Å². The molecule has 0 spiro atoms. The van der Waals surface area contributed by atoms with E-state index in [0.29, 0.717) is 28.8 Å². The first-order valence-electron chi connectivity index (χ1n) is 11.4. The van der Waals surface area contributed by atoms with Crippen molar-refractivity contribution >= 4 is 22.6 Å². The van der Waals surface area contributed by atoms with Crippen molar-refractivity contribution in [3.8, 4) is 11.1 Å². The first-order chi connectivity index (χ1) is 16.5. The predicted octanol–water partition coefficient (Wildman–Crippen LogP) is 5.45. The van der Waals surface area contributed by atoms with Crippen LogP contribution in [0.15, 0.2) is 48.7 Å². The highest BCUT2D eigenvalue weighted by molar-refractivity contribution is 6.11. The van der Waals surface area contributed by atoms with Gasteiger partial charge in [0.25, 0.3) is 5.91 Å². The number of carbonyl (C=O) groups is 1. The lowest BCUT2D eigenvalue weighted by Gasteiger charge is -2.26. The number of aromatic nitrogens is 3. The van der Waals surface area contributed by atoms with Crippen LogP contribution >= 0.6 is 0 Å². The maximum Gasteiger partial charge on any atom is 0.277 e. The molecular formula is C26H25F2N5O. The Kier molecular flexibility index (Phi) is 6.06. The lowest BCUT2D eigenvalue weighted by atomic mass is 9.99. The number of hydrogen-bond donors (Lipinski definition) is 2. The fraction of sp³-hybridized carbons (Fsp3) is 0.269. The minimum Gasteiger partial charge on any atom is -0.305 e. The normalized spacial score (nSPS) is 14.4. The second-order valence-electron chi connectivity index (χ2n) is 8.73. The van der Waals surface area contributed by atoms with Crippen LogP contribution in [-0.2, 0) is 6.54 Å². The molecule has 0 bridgehead atoms. The van der Waals surface area contributed by atoms with Crippen molar-refractivity contribution in [3.63, 3.8) is 0 Å². The van der Waals surface area contributed by atoms with Gasteiger partial charge in [-0.05, 0) is 79.9 Å². The van der Waals surface area contributed by atoms with Crippen molar-refractivity contribution in [2.24, 2.45) is 0 Å². The van der Waals surface area contributed by atoms with E-state index >= 15 is 0 Å². The maximum atomic E-state index is 14.9. The summed E-state index contributed by atoms with van der Waals surface area (Å²) in [7, 11) is 0. The zero-order chi connectivity index (χ0) is 23.7. The maximum absolute atomic E-state index is 14.9. The van der Waals surface area contributed by atoms with Gasteiger partial charge >= 0.3 is 0 Å². The van der Waals surface area contributed by atoms with E-state index in [1.807, 2.05) is 13.0 Å². The van der Waals surface area contributed by atoms with Crippen LogP contribution in [0.1, 0.15) is 40.9 Å². The van der Waals surface area contributed by atoms with E-state index in [0.717, 1.165) is 37.1 Å². The number of nitrogens with one attached hydrogen (secondary N) is 2. The van der Waals surface area contributed by atoms with Gasteiger partial charge in [-0.15, -0.1) is 0 Å². The smallest absolute Gasteiger partial charge is 0.277 e. The van der Waals surface area contributed by atoms with Crippen LogP contribution in [0.4, 0.5) is 14.6 Å². The zero-order valence-electron chi connectivity index (χ0n) is 18.9. The number of pyridine rings is 1. The van der Waals surface area contributed by atoms with Gasteiger partial charge < -0.3 is 5.32 Å². The third-order valence-electron chi connectivity index (χ3n) is 6.27. The molecule has 0 saturated carbocycles. The summed E-state index contributed by atoms with van der Waals surface area (Å²) in [6.07, 6.45) is 5.05. The van der Waals surface area contributed by atoms with Crippen LogP contribution in [-0.4, -0.2) is 39.1 Å². The highest BCUT2D eigenvalue weighted by atomic mass is 19.2. The Balaban J connectivity index is 1.48. The molecule has 1 saturated heterocycles. The molecule has 0 aliphatic carbocycles. The van der Waals surface area contributed by atoms with Crippen molar-refractivity contribution in [3.05, 3.63) is 77.1 Å². The van der Waals surface area contributed by atoms with Gasteiger partial charge in [0.1, 0.15) is 5.82 Å². The number of amides is 1. The van der Waals surface area contributed by atoms with E-state index in [2.05, 4.69) is 25.4 Å². The van der Waals surface area contributed by atoms with E-state index in [9.17, 15) is 13.6 Å². The molecule has 0 atom stereocenters. The third-order valence-corrected chi connectivity index (χ3v) is 6.27. The number of benzene rings is 2. The zero-order valence-corrected chi connectivity index (χ0v) is 18.9.